The summed E-state index contributed by atoms with van der Waals surface area (Å²) in [5, 5.41) is 8.25. The molecule has 1 saturated heterocycles. The van der Waals surface area contributed by atoms with Crippen LogP contribution in [0.15, 0.2) is 84.1 Å². The number of aromatic amines is 1. The minimum Gasteiger partial charge on any atom is -0.361 e. The molecule has 3 aromatic carbocycles. The SMILES string of the molecule is C(=NN1CC[NH+](C2c3ccccc3-c3ccccc32)CC1)c1c[nH]c2ccccc12. The Morgan fingerprint density at radius 1 is 0.833 bits per heavy atom. The van der Waals surface area contributed by atoms with Crippen molar-refractivity contribution >= 4 is 17.1 Å². The Morgan fingerprint density at radius 2 is 1.47 bits per heavy atom. The van der Waals surface area contributed by atoms with Gasteiger partial charge >= 0.3 is 0 Å². The summed E-state index contributed by atoms with van der Waals surface area (Å²) in [5.74, 6) is 0. The Kier molecular flexibility index (Phi) is 4.17. The predicted molar refractivity (Wildman–Crippen MR) is 122 cm³/mol. The third-order valence-corrected chi connectivity index (χ3v) is 6.61. The number of hydrazone groups is 1. The fourth-order valence-electron chi connectivity index (χ4n) is 5.13. The Hall–Kier alpha value is -3.37. The number of benzene rings is 3. The molecule has 1 aliphatic heterocycles. The normalized spacial score (nSPS) is 17.0. The molecule has 0 unspecified atom stereocenters. The molecule has 0 amide bonds. The van der Waals surface area contributed by atoms with E-state index in [1.807, 2.05) is 12.4 Å². The summed E-state index contributed by atoms with van der Waals surface area (Å²) in [4.78, 5) is 4.97. The first kappa shape index (κ1) is 17.5. The molecular weight excluding hydrogens is 368 g/mol. The zero-order chi connectivity index (χ0) is 19.9. The van der Waals surface area contributed by atoms with Gasteiger partial charge in [0.15, 0.2) is 0 Å². The molecule has 2 aliphatic rings. The third-order valence-electron chi connectivity index (χ3n) is 6.61. The number of fused-ring (bicyclic) bond motifs is 4. The Balaban J connectivity index is 1.20. The van der Waals surface area contributed by atoms with Gasteiger partial charge in [0, 0.05) is 33.8 Å². The van der Waals surface area contributed by atoms with Gasteiger partial charge in [0.25, 0.3) is 0 Å². The van der Waals surface area contributed by atoms with Gasteiger partial charge in [-0.05, 0) is 17.2 Å². The summed E-state index contributed by atoms with van der Waals surface area (Å²) >= 11 is 0. The van der Waals surface area contributed by atoms with Gasteiger partial charge in [0.05, 0.1) is 32.4 Å². The molecule has 0 spiro atoms. The molecule has 4 nitrogen and oxygen atoms in total. The molecule has 4 heteroatoms. The monoisotopic (exact) mass is 393 g/mol. The highest BCUT2D eigenvalue weighted by molar-refractivity contribution is 5.98. The smallest absolute Gasteiger partial charge is 0.140 e. The molecular formula is C26H25N4+. The number of hydrogen-bond acceptors (Lipinski definition) is 2. The highest BCUT2D eigenvalue weighted by Gasteiger charge is 2.37. The number of aromatic nitrogens is 1. The molecule has 0 atom stereocenters. The van der Waals surface area contributed by atoms with Gasteiger partial charge in [0.1, 0.15) is 6.04 Å². The molecule has 1 aromatic heterocycles. The van der Waals surface area contributed by atoms with E-state index in [2.05, 4.69) is 82.8 Å². The fraction of sp³-hybridized carbons (Fsp3) is 0.192. The van der Waals surface area contributed by atoms with Gasteiger partial charge in [-0.1, -0.05) is 66.7 Å². The zero-order valence-corrected chi connectivity index (χ0v) is 16.9. The quantitative estimate of drug-likeness (QED) is 0.514. The topological polar surface area (TPSA) is 35.8 Å². The first-order valence-corrected chi connectivity index (χ1v) is 10.8. The van der Waals surface area contributed by atoms with Crippen LogP contribution < -0.4 is 4.90 Å². The lowest BCUT2D eigenvalue weighted by Gasteiger charge is -2.34. The Morgan fingerprint density at radius 3 is 2.20 bits per heavy atom. The molecule has 30 heavy (non-hydrogen) atoms. The van der Waals surface area contributed by atoms with E-state index in [0.29, 0.717) is 6.04 Å². The van der Waals surface area contributed by atoms with E-state index in [4.69, 9.17) is 5.10 Å². The van der Waals surface area contributed by atoms with E-state index in [1.165, 1.54) is 27.6 Å². The molecule has 0 radical (unpaired) electrons. The van der Waals surface area contributed by atoms with E-state index < -0.39 is 0 Å². The van der Waals surface area contributed by atoms with E-state index in [-0.39, 0.29) is 0 Å². The molecule has 1 aliphatic carbocycles. The summed E-state index contributed by atoms with van der Waals surface area (Å²) in [6.45, 7) is 4.15. The summed E-state index contributed by atoms with van der Waals surface area (Å²) < 4.78 is 0. The second-order valence-corrected chi connectivity index (χ2v) is 8.25. The number of nitrogens with zero attached hydrogens (tertiary/aromatic N) is 2. The minimum absolute atomic E-state index is 0.442. The average molecular weight is 394 g/mol. The number of piperazine rings is 1. The van der Waals surface area contributed by atoms with Crippen molar-refractivity contribution < 1.29 is 4.90 Å². The number of rotatable bonds is 3. The van der Waals surface area contributed by atoms with Crippen LogP contribution >= 0.6 is 0 Å². The Bertz CT molecular complexity index is 1190. The first-order valence-electron chi connectivity index (χ1n) is 10.8. The highest BCUT2D eigenvalue weighted by Crippen LogP contribution is 2.41. The van der Waals surface area contributed by atoms with E-state index in [9.17, 15) is 0 Å². The summed E-state index contributed by atoms with van der Waals surface area (Å²) in [6, 6.07) is 26.7. The van der Waals surface area contributed by atoms with Crippen LogP contribution in [0.2, 0.25) is 0 Å². The van der Waals surface area contributed by atoms with Crippen LogP contribution in [0.4, 0.5) is 0 Å². The van der Waals surface area contributed by atoms with Crippen molar-refractivity contribution in [2.24, 2.45) is 5.10 Å². The minimum atomic E-state index is 0.442. The summed E-state index contributed by atoms with van der Waals surface area (Å²) in [5.41, 5.74) is 8.08. The van der Waals surface area contributed by atoms with Crippen LogP contribution in [-0.2, 0) is 0 Å². The molecule has 0 saturated carbocycles. The van der Waals surface area contributed by atoms with Crippen LogP contribution in [0.3, 0.4) is 0 Å². The number of hydrogen-bond donors (Lipinski definition) is 2. The zero-order valence-electron chi connectivity index (χ0n) is 16.9. The molecule has 4 aromatic rings. The number of nitrogens with one attached hydrogen (secondary N) is 2. The maximum atomic E-state index is 4.80. The van der Waals surface area contributed by atoms with Crippen molar-refractivity contribution in [1.29, 1.82) is 0 Å². The second kappa shape index (κ2) is 7.15. The third kappa shape index (κ3) is 2.84. The molecule has 2 heterocycles. The maximum absolute atomic E-state index is 4.80. The van der Waals surface area contributed by atoms with Crippen molar-refractivity contribution in [1.82, 2.24) is 9.99 Å². The van der Waals surface area contributed by atoms with Crippen molar-refractivity contribution in [2.75, 3.05) is 26.2 Å². The fourth-order valence-corrected chi connectivity index (χ4v) is 5.13. The van der Waals surface area contributed by atoms with Crippen molar-refractivity contribution in [3.63, 3.8) is 0 Å². The number of para-hydroxylation sites is 1. The maximum Gasteiger partial charge on any atom is 0.140 e. The lowest BCUT2D eigenvalue weighted by Crippen LogP contribution is -3.14. The van der Waals surface area contributed by atoms with Gasteiger partial charge in [0.2, 0.25) is 0 Å². The average Bonchev–Trinajstić information content (AvgIpc) is 3.37. The first-order chi connectivity index (χ1) is 14.9. The second-order valence-electron chi connectivity index (χ2n) is 8.25. The molecule has 0 bridgehead atoms. The van der Waals surface area contributed by atoms with Crippen LogP contribution in [0.5, 0.6) is 0 Å². The molecule has 1 fully saturated rings. The van der Waals surface area contributed by atoms with E-state index in [0.717, 1.165) is 37.3 Å². The van der Waals surface area contributed by atoms with Crippen LogP contribution in [0.1, 0.15) is 22.7 Å². The van der Waals surface area contributed by atoms with Gasteiger partial charge in [-0.25, -0.2) is 0 Å². The standard InChI is InChI=1S/C26H24N4/c1-3-10-23-21(8-1)22-9-2-4-11-24(22)26(23)29-13-15-30(16-14-29)28-18-19-17-27-25-12-6-5-7-20(19)25/h1-12,17-18,26-27H,13-16H2/p+1. The molecule has 2 N–H and O–H groups in total. The van der Waals surface area contributed by atoms with Gasteiger partial charge in [-0.3, -0.25) is 5.01 Å². The number of quaternary nitrogens is 1. The van der Waals surface area contributed by atoms with E-state index >= 15 is 0 Å². The van der Waals surface area contributed by atoms with Crippen molar-refractivity contribution in [2.45, 2.75) is 6.04 Å². The lowest BCUT2D eigenvalue weighted by atomic mass is 10.0. The number of H-pyrrole nitrogens is 1. The van der Waals surface area contributed by atoms with Gasteiger partial charge < -0.3 is 9.88 Å². The van der Waals surface area contributed by atoms with E-state index in [1.54, 1.807) is 4.90 Å². The summed E-state index contributed by atoms with van der Waals surface area (Å²) in [7, 11) is 0. The van der Waals surface area contributed by atoms with Crippen LogP contribution in [0.25, 0.3) is 22.0 Å². The van der Waals surface area contributed by atoms with Crippen molar-refractivity contribution in [3.8, 4) is 11.1 Å². The van der Waals surface area contributed by atoms with Crippen LogP contribution in [0, 0.1) is 0 Å². The molecule has 148 valence electrons. The largest absolute Gasteiger partial charge is 0.361 e. The van der Waals surface area contributed by atoms with Gasteiger partial charge in [-0.2, -0.15) is 5.10 Å². The van der Waals surface area contributed by atoms with Crippen LogP contribution in [-0.4, -0.2) is 42.4 Å². The van der Waals surface area contributed by atoms with Gasteiger partial charge in [-0.15, -0.1) is 0 Å². The highest BCUT2D eigenvalue weighted by atomic mass is 15.5. The molecule has 6 rings (SSSR count). The lowest BCUT2D eigenvalue weighted by molar-refractivity contribution is -0.929. The predicted octanol–water partition coefficient (Wildman–Crippen LogP) is 3.47. The Labute approximate surface area is 176 Å². The van der Waals surface area contributed by atoms with Crippen molar-refractivity contribution in [3.05, 3.63) is 95.7 Å². The summed E-state index contributed by atoms with van der Waals surface area (Å²) in [6.07, 6.45) is 4.05.